The van der Waals surface area contributed by atoms with Crippen LogP contribution in [0.25, 0.3) is 0 Å². The van der Waals surface area contributed by atoms with Gasteiger partial charge >= 0.3 is 5.97 Å². The van der Waals surface area contributed by atoms with Gasteiger partial charge in [-0.1, -0.05) is 0 Å². The van der Waals surface area contributed by atoms with Gasteiger partial charge in [-0.15, -0.1) is 0 Å². The van der Waals surface area contributed by atoms with Crippen LogP contribution in [0, 0.1) is 5.82 Å². The largest absolute Gasteiger partial charge is 0.462 e. The molecule has 0 aliphatic carbocycles. The molecule has 5 nitrogen and oxygen atoms in total. The Morgan fingerprint density at radius 2 is 2.00 bits per heavy atom. The zero-order valence-electron chi connectivity index (χ0n) is 13.1. The molecule has 0 N–H and O–H groups in total. The van der Waals surface area contributed by atoms with Crippen molar-refractivity contribution in [3.05, 3.63) is 29.1 Å². The van der Waals surface area contributed by atoms with E-state index in [2.05, 4.69) is 0 Å². The molecule has 0 spiro atoms. The average molecular weight is 329 g/mol. The molecule has 0 saturated heterocycles. The number of sulfonamides is 1. The fraction of sp³-hybridized carbons (Fsp3) is 0.533. The summed E-state index contributed by atoms with van der Waals surface area (Å²) in [5.41, 5.74) is -0.541. The van der Waals surface area contributed by atoms with Gasteiger partial charge < -0.3 is 4.74 Å². The predicted molar refractivity (Wildman–Crippen MR) is 79.7 cm³/mol. The monoisotopic (exact) mass is 329 g/mol. The SMILES string of the molecule is CCOC(=O)c1cc2c(cc1F)CCN(C(C)(C)C)S2(=O)=O. The van der Waals surface area contributed by atoms with Crippen LogP contribution in [-0.2, 0) is 21.2 Å². The maximum atomic E-state index is 14.0. The Morgan fingerprint density at radius 3 is 2.55 bits per heavy atom. The van der Waals surface area contributed by atoms with E-state index in [0.29, 0.717) is 12.0 Å². The molecule has 1 aliphatic rings. The van der Waals surface area contributed by atoms with E-state index in [-0.39, 0.29) is 23.6 Å². The van der Waals surface area contributed by atoms with Gasteiger partial charge in [0.05, 0.1) is 17.1 Å². The lowest BCUT2D eigenvalue weighted by molar-refractivity contribution is 0.0520. The van der Waals surface area contributed by atoms with Gasteiger partial charge in [-0.3, -0.25) is 0 Å². The van der Waals surface area contributed by atoms with Crippen LogP contribution in [0.1, 0.15) is 43.6 Å². The second kappa shape index (κ2) is 5.62. The van der Waals surface area contributed by atoms with E-state index < -0.39 is 27.3 Å². The van der Waals surface area contributed by atoms with Crippen LogP contribution in [0.15, 0.2) is 17.0 Å². The molecule has 2 rings (SSSR count). The van der Waals surface area contributed by atoms with Crippen molar-refractivity contribution in [1.29, 1.82) is 0 Å². The highest BCUT2D eigenvalue weighted by molar-refractivity contribution is 7.89. The highest BCUT2D eigenvalue weighted by Gasteiger charge is 2.39. The number of carbonyl (C=O) groups is 1. The minimum atomic E-state index is -3.77. The summed E-state index contributed by atoms with van der Waals surface area (Å²) in [6, 6.07) is 2.22. The lowest BCUT2D eigenvalue weighted by Gasteiger charge is -2.38. The minimum absolute atomic E-state index is 0.0156. The topological polar surface area (TPSA) is 63.7 Å². The maximum Gasteiger partial charge on any atom is 0.341 e. The Hall–Kier alpha value is -1.47. The number of esters is 1. The van der Waals surface area contributed by atoms with Gasteiger partial charge in [-0.2, -0.15) is 4.31 Å². The molecule has 0 fully saturated rings. The van der Waals surface area contributed by atoms with E-state index in [1.807, 2.05) is 0 Å². The van der Waals surface area contributed by atoms with Crippen molar-refractivity contribution in [3.8, 4) is 0 Å². The fourth-order valence-corrected chi connectivity index (χ4v) is 4.60. The Labute approximate surface area is 130 Å². The number of halogens is 1. The normalized spacial score (nSPS) is 17.9. The van der Waals surface area contributed by atoms with E-state index >= 15 is 0 Å². The first kappa shape index (κ1) is 16.9. The highest BCUT2D eigenvalue weighted by atomic mass is 32.2. The average Bonchev–Trinajstić information content (AvgIpc) is 2.36. The number of hydrogen-bond acceptors (Lipinski definition) is 4. The number of fused-ring (bicyclic) bond motifs is 1. The Kier molecular flexibility index (Phi) is 4.32. The summed E-state index contributed by atoms with van der Waals surface area (Å²) in [6.07, 6.45) is 0.409. The lowest BCUT2D eigenvalue weighted by Crippen LogP contribution is -2.49. The second-order valence-corrected chi connectivity index (χ2v) is 7.99. The highest BCUT2D eigenvalue weighted by Crippen LogP contribution is 2.33. The molecule has 0 aromatic heterocycles. The molecule has 1 heterocycles. The first-order chi connectivity index (χ1) is 10.1. The third kappa shape index (κ3) is 2.87. The van der Waals surface area contributed by atoms with Crippen molar-refractivity contribution < 1.29 is 22.3 Å². The Morgan fingerprint density at radius 1 is 1.36 bits per heavy atom. The molecule has 0 unspecified atom stereocenters. The molecule has 22 heavy (non-hydrogen) atoms. The third-order valence-electron chi connectivity index (χ3n) is 3.55. The van der Waals surface area contributed by atoms with Gasteiger partial charge in [0.1, 0.15) is 5.82 Å². The summed E-state index contributed by atoms with van der Waals surface area (Å²) in [7, 11) is -3.77. The van der Waals surface area contributed by atoms with Crippen molar-refractivity contribution in [1.82, 2.24) is 4.31 Å². The first-order valence-corrected chi connectivity index (χ1v) is 8.55. The Bertz CT molecular complexity index is 707. The van der Waals surface area contributed by atoms with Crippen LogP contribution in [-0.4, -0.2) is 37.4 Å². The van der Waals surface area contributed by atoms with Gasteiger partial charge in [0.25, 0.3) is 0 Å². The van der Waals surface area contributed by atoms with E-state index in [1.165, 1.54) is 4.31 Å². The standard InChI is InChI=1S/C15H20FNO4S/c1-5-21-14(18)11-9-13-10(8-12(11)16)6-7-17(15(2,3)4)22(13,19)20/h8-9H,5-7H2,1-4H3. The van der Waals surface area contributed by atoms with Gasteiger partial charge in [0, 0.05) is 12.1 Å². The van der Waals surface area contributed by atoms with Crippen molar-refractivity contribution in [2.24, 2.45) is 0 Å². The molecule has 0 amide bonds. The summed E-state index contributed by atoms with van der Waals surface area (Å²) in [5.74, 6) is -1.61. The number of benzene rings is 1. The zero-order valence-corrected chi connectivity index (χ0v) is 14.0. The molecule has 1 aromatic carbocycles. The van der Waals surface area contributed by atoms with Gasteiger partial charge in [-0.05, 0) is 51.8 Å². The summed E-state index contributed by atoms with van der Waals surface area (Å²) in [5, 5.41) is 0. The number of nitrogens with zero attached hydrogens (tertiary/aromatic N) is 1. The summed E-state index contributed by atoms with van der Waals surface area (Å²) in [6.45, 7) is 7.38. The molecule has 1 aliphatic heterocycles. The maximum absolute atomic E-state index is 14.0. The van der Waals surface area contributed by atoms with Crippen LogP contribution in [0.3, 0.4) is 0 Å². The quantitative estimate of drug-likeness (QED) is 0.781. The van der Waals surface area contributed by atoms with Crippen molar-refractivity contribution in [3.63, 3.8) is 0 Å². The Balaban J connectivity index is 2.58. The van der Waals surface area contributed by atoms with E-state index in [4.69, 9.17) is 4.74 Å². The molecule has 7 heteroatoms. The van der Waals surface area contributed by atoms with Crippen molar-refractivity contribution in [2.75, 3.05) is 13.2 Å². The van der Waals surface area contributed by atoms with E-state index in [9.17, 15) is 17.6 Å². The predicted octanol–water partition coefficient (Wildman–Crippen LogP) is 2.35. The smallest absolute Gasteiger partial charge is 0.341 e. The van der Waals surface area contributed by atoms with Gasteiger partial charge in [0.15, 0.2) is 0 Å². The van der Waals surface area contributed by atoms with Crippen LogP contribution in [0.2, 0.25) is 0 Å². The van der Waals surface area contributed by atoms with Gasteiger partial charge in [0.2, 0.25) is 10.0 Å². The molecule has 0 bridgehead atoms. The van der Waals surface area contributed by atoms with Crippen molar-refractivity contribution >= 4 is 16.0 Å². The third-order valence-corrected chi connectivity index (χ3v) is 5.79. The lowest BCUT2D eigenvalue weighted by atomic mass is 10.1. The molecule has 0 saturated carbocycles. The number of hydrogen-bond donors (Lipinski definition) is 0. The summed E-state index contributed by atoms with van der Waals surface area (Å²) < 4.78 is 45.7. The fourth-order valence-electron chi connectivity index (χ4n) is 2.55. The van der Waals surface area contributed by atoms with E-state index in [0.717, 1.165) is 12.1 Å². The molecule has 1 aromatic rings. The molecule has 0 atom stereocenters. The van der Waals surface area contributed by atoms with Gasteiger partial charge in [-0.25, -0.2) is 17.6 Å². The van der Waals surface area contributed by atoms with Crippen LogP contribution < -0.4 is 0 Å². The van der Waals surface area contributed by atoms with Crippen molar-refractivity contribution in [2.45, 2.75) is 44.6 Å². The minimum Gasteiger partial charge on any atom is -0.462 e. The van der Waals surface area contributed by atoms with E-state index in [1.54, 1.807) is 27.7 Å². The molecule has 122 valence electrons. The summed E-state index contributed by atoms with van der Waals surface area (Å²) in [4.78, 5) is 11.8. The summed E-state index contributed by atoms with van der Waals surface area (Å²) >= 11 is 0. The molecule has 0 radical (unpaired) electrons. The number of ether oxygens (including phenoxy) is 1. The number of carbonyl (C=O) groups excluding carboxylic acids is 1. The molecular weight excluding hydrogens is 309 g/mol. The zero-order chi connectivity index (χ0) is 16.7. The van der Waals surface area contributed by atoms with Crippen LogP contribution >= 0.6 is 0 Å². The number of rotatable bonds is 2. The molecular formula is C15H20FNO4S. The first-order valence-electron chi connectivity index (χ1n) is 7.11. The second-order valence-electron chi connectivity index (χ2n) is 6.16. The van der Waals surface area contributed by atoms with Crippen LogP contribution in [0.5, 0.6) is 0 Å². The van der Waals surface area contributed by atoms with Crippen LogP contribution in [0.4, 0.5) is 4.39 Å².